The van der Waals surface area contributed by atoms with Crippen LogP contribution in [0.5, 0.6) is 5.75 Å². The highest BCUT2D eigenvalue weighted by atomic mass is 16.5. The van der Waals surface area contributed by atoms with Crippen LogP contribution < -0.4 is 15.0 Å². The molecule has 1 N–H and O–H groups in total. The minimum atomic E-state index is -0.615. The van der Waals surface area contributed by atoms with E-state index in [9.17, 15) is 9.59 Å². The summed E-state index contributed by atoms with van der Waals surface area (Å²) < 4.78 is 7.41. The van der Waals surface area contributed by atoms with Gasteiger partial charge in [-0.3, -0.25) is 14.5 Å². The van der Waals surface area contributed by atoms with Crippen molar-refractivity contribution in [3.05, 3.63) is 36.4 Å². The van der Waals surface area contributed by atoms with Gasteiger partial charge in [0.05, 0.1) is 12.2 Å². The number of amides is 2. The molecule has 126 valence electrons. The van der Waals surface area contributed by atoms with Crippen molar-refractivity contribution in [2.75, 3.05) is 11.4 Å². The number of hydrogen-bond acceptors (Lipinski definition) is 5. The molecule has 0 radical (unpaired) electrons. The van der Waals surface area contributed by atoms with Crippen LogP contribution in [-0.2, 0) is 22.7 Å². The molecule has 0 aliphatic carbocycles. The summed E-state index contributed by atoms with van der Waals surface area (Å²) in [7, 11) is 0. The minimum Gasteiger partial charge on any atom is -0.479 e. The minimum absolute atomic E-state index is 0.0657. The molecule has 0 fully saturated rings. The number of aryl methyl sites for hydroxylation is 1. The van der Waals surface area contributed by atoms with E-state index < -0.39 is 6.10 Å². The van der Waals surface area contributed by atoms with Crippen molar-refractivity contribution in [3.8, 4) is 5.75 Å². The first-order chi connectivity index (χ1) is 11.6. The van der Waals surface area contributed by atoms with Gasteiger partial charge in [0.25, 0.3) is 5.91 Å². The Morgan fingerprint density at radius 1 is 1.38 bits per heavy atom. The topological polar surface area (TPSA) is 89.4 Å². The van der Waals surface area contributed by atoms with Crippen LogP contribution in [-0.4, -0.2) is 39.2 Å². The summed E-state index contributed by atoms with van der Waals surface area (Å²) in [6, 6.07) is 7.18. The van der Waals surface area contributed by atoms with Gasteiger partial charge in [-0.05, 0) is 26.0 Å². The van der Waals surface area contributed by atoms with Crippen molar-refractivity contribution in [2.45, 2.75) is 33.0 Å². The van der Waals surface area contributed by atoms with Crippen molar-refractivity contribution in [2.24, 2.45) is 0 Å². The third kappa shape index (κ3) is 3.08. The molecule has 1 atom stereocenters. The standard InChI is InChI=1S/C16H19N5O3/c1-3-20-10-18-19-14(20)8-17-15(22)9-21-12-6-4-5-7-13(12)24-11(2)16(21)23/h4-7,10-11H,3,8-9H2,1-2H3,(H,17,22)/t11-/m1/s1. The normalized spacial score (nSPS) is 16.5. The lowest BCUT2D eigenvalue weighted by Crippen LogP contribution is -2.48. The van der Waals surface area contributed by atoms with E-state index in [2.05, 4.69) is 15.5 Å². The van der Waals surface area contributed by atoms with Crippen LogP contribution in [0.4, 0.5) is 5.69 Å². The molecule has 1 aromatic carbocycles. The Morgan fingerprint density at radius 2 is 2.17 bits per heavy atom. The van der Waals surface area contributed by atoms with Crippen molar-refractivity contribution in [1.82, 2.24) is 20.1 Å². The number of para-hydroxylation sites is 2. The zero-order chi connectivity index (χ0) is 17.1. The Balaban J connectivity index is 1.68. The van der Waals surface area contributed by atoms with Crippen LogP contribution in [0.25, 0.3) is 0 Å². The SMILES string of the molecule is CCn1cnnc1CNC(=O)CN1C(=O)[C@@H](C)Oc2ccccc21. The van der Waals surface area contributed by atoms with E-state index in [4.69, 9.17) is 4.74 Å². The number of aromatic nitrogens is 3. The predicted octanol–water partition coefficient (Wildman–Crippen LogP) is 0.728. The molecule has 8 nitrogen and oxygen atoms in total. The van der Waals surface area contributed by atoms with E-state index in [0.29, 0.717) is 17.3 Å². The van der Waals surface area contributed by atoms with Crippen LogP contribution in [0.2, 0.25) is 0 Å². The number of benzene rings is 1. The molecule has 8 heteroatoms. The first-order valence-electron chi connectivity index (χ1n) is 7.80. The number of anilines is 1. The van der Waals surface area contributed by atoms with E-state index in [0.717, 1.165) is 6.54 Å². The van der Waals surface area contributed by atoms with Gasteiger partial charge >= 0.3 is 0 Å². The Morgan fingerprint density at radius 3 is 2.96 bits per heavy atom. The molecular weight excluding hydrogens is 310 g/mol. The van der Waals surface area contributed by atoms with Gasteiger partial charge in [-0.1, -0.05) is 12.1 Å². The van der Waals surface area contributed by atoms with Crippen LogP contribution in [0.1, 0.15) is 19.7 Å². The number of hydrogen-bond donors (Lipinski definition) is 1. The van der Waals surface area contributed by atoms with Crippen molar-refractivity contribution >= 4 is 17.5 Å². The fourth-order valence-electron chi connectivity index (χ4n) is 2.58. The third-order valence-corrected chi connectivity index (χ3v) is 3.86. The van der Waals surface area contributed by atoms with Gasteiger partial charge in [-0.2, -0.15) is 0 Å². The Hall–Kier alpha value is -2.90. The number of carbonyl (C=O) groups excluding carboxylic acids is 2. The quantitative estimate of drug-likeness (QED) is 0.873. The maximum Gasteiger partial charge on any atom is 0.268 e. The molecule has 3 rings (SSSR count). The van der Waals surface area contributed by atoms with Crippen molar-refractivity contribution in [3.63, 3.8) is 0 Å². The lowest BCUT2D eigenvalue weighted by atomic mass is 10.2. The lowest BCUT2D eigenvalue weighted by Gasteiger charge is -2.32. The van der Waals surface area contributed by atoms with Gasteiger partial charge < -0.3 is 14.6 Å². The van der Waals surface area contributed by atoms with Gasteiger partial charge in [0.15, 0.2) is 11.9 Å². The number of nitrogens with zero attached hydrogens (tertiary/aromatic N) is 4. The number of fused-ring (bicyclic) bond motifs is 1. The molecule has 1 aliphatic heterocycles. The van der Waals surface area contributed by atoms with Gasteiger partial charge in [0.2, 0.25) is 5.91 Å². The van der Waals surface area contributed by atoms with Crippen LogP contribution in [0, 0.1) is 0 Å². The maximum atomic E-state index is 12.4. The maximum absolute atomic E-state index is 12.4. The highest BCUT2D eigenvalue weighted by Gasteiger charge is 2.32. The second-order valence-corrected chi connectivity index (χ2v) is 5.46. The predicted molar refractivity (Wildman–Crippen MR) is 86.4 cm³/mol. The molecular formula is C16H19N5O3. The average molecular weight is 329 g/mol. The second kappa shape index (κ2) is 6.69. The number of ether oxygens (including phenoxy) is 1. The smallest absolute Gasteiger partial charge is 0.268 e. The van der Waals surface area contributed by atoms with E-state index in [1.54, 1.807) is 31.5 Å². The fourth-order valence-corrected chi connectivity index (χ4v) is 2.58. The highest BCUT2D eigenvalue weighted by Crippen LogP contribution is 2.33. The van der Waals surface area contributed by atoms with Gasteiger partial charge in [-0.25, -0.2) is 0 Å². The highest BCUT2D eigenvalue weighted by molar-refractivity contribution is 6.03. The summed E-state index contributed by atoms with van der Waals surface area (Å²) in [4.78, 5) is 26.1. The van der Waals surface area contributed by atoms with Crippen LogP contribution in [0.15, 0.2) is 30.6 Å². The molecule has 0 bridgehead atoms. The van der Waals surface area contributed by atoms with Crippen LogP contribution >= 0.6 is 0 Å². The molecule has 0 saturated heterocycles. The Bertz CT molecular complexity index is 758. The lowest BCUT2D eigenvalue weighted by molar-refractivity contribution is -0.128. The largest absolute Gasteiger partial charge is 0.479 e. The zero-order valence-corrected chi connectivity index (χ0v) is 13.6. The summed E-state index contributed by atoms with van der Waals surface area (Å²) in [5, 5.41) is 10.6. The first-order valence-corrected chi connectivity index (χ1v) is 7.80. The molecule has 0 saturated carbocycles. The van der Waals surface area contributed by atoms with Crippen molar-refractivity contribution < 1.29 is 14.3 Å². The average Bonchev–Trinajstić information content (AvgIpc) is 3.04. The Labute approximate surface area is 139 Å². The zero-order valence-electron chi connectivity index (χ0n) is 13.6. The summed E-state index contributed by atoms with van der Waals surface area (Å²) in [6.45, 7) is 4.57. The van der Waals surface area contributed by atoms with Gasteiger partial charge in [-0.15, -0.1) is 10.2 Å². The number of carbonyl (C=O) groups is 2. The van der Waals surface area contributed by atoms with Crippen molar-refractivity contribution in [1.29, 1.82) is 0 Å². The van der Waals surface area contributed by atoms with E-state index >= 15 is 0 Å². The van der Waals surface area contributed by atoms with E-state index in [-0.39, 0.29) is 24.9 Å². The molecule has 2 heterocycles. The monoisotopic (exact) mass is 329 g/mol. The summed E-state index contributed by atoms with van der Waals surface area (Å²) in [5.74, 6) is 0.773. The Kier molecular flexibility index (Phi) is 4.45. The van der Waals surface area contributed by atoms with Crippen LogP contribution in [0.3, 0.4) is 0 Å². The van der Waals surface area contributed by atoms with E-state index in [1.165, 1.54) is 4.90 Å². The first kappa shape index (κ1) is 16.0. The summed E-state index contributed by atoms with van der Waals surface area (Å²) in [5.41, 5.74) is 0.604. The van der Waals surface area contributed by atoms with Gasteiger partial charge in [0.1, 0.15) is 18.6 Å². The summed E-state index contributed by atoms with van der Waals surface area (Å²) in [6.07, 6.45) is 1.00. The molecule has 2 aromatic rings. The molecule has 1 aromatic heterocycles. The molecule has 0 spiro atoms. The molecule has 0 unspecified atom stereocenters. The number of nitrogens with one attached hydrogen (secondary N) is 1. The molecule has 2 amide bonds. The fraction of sp³-hybridized carbons (Fsp3) is 0.375. The third-order valence-electron chi connectivity index (χ3n) is 3.86. The van der Waals surface area contributed by atoms with Gasteiger partial charge in [0, 0.05) is 6.54 Å². The van der Waals surface area contributed by atoms with E-state index in [1.807, 2.05) is 17.6 Å². The molecule has 24 heavy (non-hydrogen) atoms. The molecule has 1 aliphatic rings. The number of rotatable bonds is 5. The second-order valence-electron chi connectivity index (χ2n) is 5.46. The summed E-state index contributed by atoms with van der Waals surface area (Å²) >= 11 is 0.